The Morgan fingerprint density at radius 3 is 2.55 bits per heavy atom. The van der Waals surface area contributed by atoms with Crippen molar-refractivity contribution in [3.8, 4) is 5.75 Å². The number of benzene rings is 2. The van der Waals surface area contributed by atoms with Crippen LogP contribution in [0, 0.1) is 11.3 Å². The maximum Gasteiger partial charge on any atom is 0.311 e. The van der Waals surface area contributed by atoms with Gasteiger partial charge in [-0.3, -0.25) is 9.69 Å². The highest BCUT2D eigenvalue weighted by Gasteiger charge is 2.55. The molecule has 0 amide bonds. The Kier molecular flexibility index (Phi) is 6.38. The van der Waals surface area contributed by atoms with Crippen molar-refractivity contribution in [2.45, 2.75) is 31.2 Å². The molecule has 5 rings (SSSR count). The molecule has 3 heterocycles. The first-order chi connectivity index (χ1) is 16.1. The Labute approximate surface area is 195 Å². The molecule has 0 saturated carbocycles. The number of methoxy groups -OCH3 is 1. The van der Waals surface area contributed by atoms with Crippen molar-refractivity contribution in [1.29, 1.82) is 0 Å². The quantitative estimate of drug-likeness (QED) is 0.546. The number of likely N-dealkylation sites (tertiary alicyclic amines) is 1. The molecule has 2 aromatic rings. The fourth-order valence-electron chi connectivity index (χ4n) is 5.52. The van der Waals surface area contributed by atoms with Gasteiger partial charge in [0.05, 0.1) is 19.1 Å². The van der Waals surface area contributed by atoms with Gasteiger partial charge in [0.15, 0.2) is 0 Å². The molecule has 0 aromatic heterocycles. The number of nitrogens with one attached hydrogen (secondary N) is 2. The third-order valence-corrected chi connectivity index (χ3v) is 7.44. The molecule has 33 heavy (non-hydrogen) atoms. The number of hydrogen-bond donors (Lipinski definition) is 3. The number of β-amino-alcohol motifs (C(OH)–C–C–N with tert-alkyl or cyclic N) is 1. The van der Waals surface area contributed by atoms with E-state index in [0.717, 1.165) is 37.5 Å². The molecule has 1 spiro atoms. The number of carbonyl (C=O) groups excluding carboxylic acids is 1. The Balaban J connectivity index is 1.24. The van der Waals surface area contributed by atoms with Crippen LogP contribution in [0.5, 0.6) is 5.75 Å². The highest BCUT2D eigenvalue weighted by molar-refractivity contribution is 5.75. The van der Waals surface area contributed by atoms with Gasteiger partial charge in [-0.25, -0.2) is 0 Å². The summed E-state index contributed by atoms with van der Waals surface area (Å²) >= 11 is 0. The summed E-state index contributed by atoms with van der Waals surface area (Å²) in [5.74, 6) is 0.443. The standard InChI is InChI=1S/C26H33N3O4/c1-32-20-9-7-18(8-10-20)11-22-24(23(30)12-28-22)33-25(31)21-14-29(17-26(21)15-27-16-26)13-19-5-3-2-4-6-19/h2-10,21-24,27-28,30H,11-17H2,1H3/t21-,22-,23+,24+/m1/s1. The van der Waals surface area contributed by atoms with Crippen LogP contribution < -0.4 is 15.4 Å². The highest BCUT2D eigenvalue weighted by atomic mass is 16.6. The molecule has 0 unspecified atom stereocenters. The van der Waals surface area contributed by atoms with Gasteiger partial charge in [0.25, 0.3) is 0 Å². The Morgan fingerprint density at radius 2 is 1.88 bits per heavy atom. The summed E-state index contributed by atoms with van der Waals surface area (Å²) in [6.07, 6.45) is -0.571. The van der Waals surface area contributed by atoms with Crippen LogP contribution in [-0.4, -0.2) is 74.1 Å². The van der Waals surface area contributed by atoms with E-state index in [4.69, 9.17) is 9.47 Å². The van der Waals surface area contributed by atoms with Crippen molar-refractivity contribution in [2.24, 2.45) is 11.3 Å². The van der Waals surface area contributed by atoms with Gasteiger partial charge in [0.1, 0.15) is 18.0 Å². The molecule has 2 aromatic carbocycles. The first-order valence-electron chi connectivity index (χ1n) is 11.8. The lowest BCUT2D eigenvalue weighted by Crippen LogP contribution is -2.60. The summed E-state index contributed by atoms with van der Waals surface area (Å²) in [7, 11) is 1.65. The summed E-state index contributed by atoms with van der Waals surface area (Å²) in [5.41, 5.74) is 2.29. The van der Waals surface area contributed by atoms with E-state index in [-0.39, 0.29) is 23.3 Å². The number of rotatable bonds is 7. The van der Waals surface area contributed by atoms with Crippen LogP contribution in [-0.2, 0) is 22.5 Å². The molecular formula is C26H33N3O4. The topological polar surface area (TPSA) is 83.1 Å². The van der Waals surface area contributed by atoms with E-state index in [1.165, 1.54) is 5.56 Å². The zero-order valence-electron chi connectivity index (χ0n) is 19.1. The van der Waals surface area contributed by atoms with Crippen molar-refractivity contribution in [3.63, 3.8) is 0 Å². The van der Waals surface area contributed by atoms with Crippen LogP contribution in [0.4, 0.5) is 0 Å². The van der Waals surface area contributed by atoms with Gasteiger partial charge < -0.3 is 25.2 Å². The maximum atomic E-state index is 13.4. The van der Waals surface area contributed by atoms with Crippen molar-refractivity contribution in [2.75, 3.05) is 39.8 Å². The van der Waals surface area contributed by atoms with E-state index in [2.05, 4.69) is 39.8 Å². The van der Waals surface area contributed by atoms with E-state index >= 15 is 0 Å². The highest BCUT2D eigenvalue weighted by Crippen LogP contribution is 2.41. The molecule has 4 atom stereocenters. The first-order valence-corrected chi connectivity index (χ1v) is 11.8. The van der Waals surface area contributed by atoms with Crippen LogP contribution in [0.25, 0.3) is 0 Å². The number of ether oxygens (including phenoxy) is 2. The van der Waals surface area contributed by atoms with Gasteiger partial charge >= 0.3 is 5.97 Å². The number of esters is 1. The molecule has 7 heteroatoms. The van der Waals surface area contributed by atoms with Crippen LogP contribution in [0.3, 0.4) is 0 Å². The van der Waals surface area contributed by atoms with E-state index in [1.54, 1.807) is 7.11 Å². The molecule has 0 radical (unpaired) electrons. The van der Waals surface area contributed by atoms with E-state index in [1.807, 2.05) is 30.3 Å². The molecule has 7 nitrogen and oxygen atoms in total. The van der Waals surface area contributed by atoms with Crippen LogP contribution >= 0.6 is 0 Å². The van der Waals surface area contributed by atoms with Crippen molar-refractivity contribution >= 4 is 5.97 Å². The Bertz CT molecular complexity index is 948. The summed E-state index contributed by atoms with van der Waals surface area (Å²) in [6.45, 7) is 4.50. The summed E-state index contributed by atoms with van der Waals surface area (Å²) in [6, 6.07) is 18.1. The lowest BCUT2D eigenvalue weighted by atomic mass is 9.73. The van der Waals surface area contributed by atoms with Crippen LogP contribution in [0.2, 0.25) is 0 Å². The largest absolute Gasteiger partial charge is 0.497 e. The number of carbonyl (C=O) groups is 1. The number of nitrogens with zero attached hydrogens (tertiary/aromatic N) is 1. The zero-order chi connectivity index (χ0) is 22.8. The van der Waals surface area contributed by atoms with Crippen LogP contribution in [0.15, 0.2) is 54.6 Å². The van der Waals surface area contributed by atoms with Crippen molar-refractivity contribution in [1.82, 2.24) is 15.5 Å². The summed E-state index contributed by atoms with van der Waals surface area (Å²) in [4.78, 5) is 15.8. The van der Waals surface area contributed by atoms with E-state index in [0.29, 0.717) is 19.5 Å². The minimum atomic E-state index is -0.700. The smallest absolute Gasteiger partial charge is 0.311 e. The molecule has 3 fully saturated rings. The number of hydrogen-bond acceptors (Lipinski definition) is 7. The third kappa shape index (κ3) is 4.64. The van der Waals surface area contributed by atoms with E-state index < -0.39 is 12.2 Å². The molecule has 3 aliphatic rings. The second-order valence-corrected chi connectivity index (χ2v) is 9.71. The predicted molar refractivity (Wildman–Crippen MR) is 125 cm³/mol. The predicted octanol–water partition coefficient (Wildman–Crippen LogP) is 1.20. The van der Waals surface area contributed by atoms with Gasteiger partial charge in [-0.15, -0.1) is 0 Å². The average molecular weight is 452 g/mol. The molecular weight excluding hydrogens is 418 g/mol. The van der Waals surface area contributed by atoms with Gasteiger partial charge in [-0.2, -0.15) is 0 Å². The fourth-order valence-corrected chi connectivity index (χ4v) is 5.52. The van der Waals surface area contributed by atoms with Gasteiger partial charge in [-0.1, -0.05) is 42.5 Å². The monoisotopic (exact) mass is 451 g/mol. The van der Waals surface area contributed by atoms with Gasteiger partial charge in [0, 0.05) is 44.7 Å². The molecule has 3 aliphatic heterocycles. The first kappa shape index (κ1) is 22.3. The van der Waals surface area contributed by atoms with Crippen molar-refractivity contribution < 1.29 is 19.4 Å². The Morgan fingerprint density at radius 1 is 1.12 bits per heavy atom. The second kappa shape index (κ2) is 9.43. The number of aliphatic hydroxyl groups excluding tert-OH is 1. The lowest BCUT2D eigenvalue weighted by Gasteiger charge is -2.43. The normalized spacial score (nSPS) is 28.5. The van der Waals surface area contributed by atoms with Crippen LogP contribution in [0.1, 0.15) is 11.1 Å². The summed E-state index contributed by atoms with van der Waals surface area (Å²) in [5, 5.41) is 17.3. The summed E-state index contributed by atoms with van der Waals surface area (Å²) < 4.78 is 11.3. The zero-order valence-corrected chi connectivity index (χ0v) is 19.1. The minimum Gasteiger partial charge on any atom is -0.497 e. The fraction of sp³-hybridized carbons (Fsp3) is 0.500. The minimum absolute atomic E-state index is 0.0751. The molecule has 3 N–H and O–H groups in total. The molecule has 0 bridgehead atoms. The molecule has 0 aliphatic carbocycles. The molecule has 3 saturated heterocycles. The van der Waals surface area contributed by atoms with Crippen molar-refractivity contribution in [3.05, 3.63) is 65.7 Å². The third-order valence-electron chi connectivity index (χ3n) is 7.44. The van der Waals surface area contributed by atoms with Gasteiger partial charge in [-0.05, 0) is 29.7 Å². The number of aliphatic hydroxyl groups is 1. The second-order valence-electron chi connectivity index (χ2n) is 9.71. The van der Waals surface area contributed by atoms with Gasteiger partial charge in [0.2, 0.25) is 0 Å². The lowest BCUT2D eigenvalue weighted by molar-refractivity contribution is -0.163. The Hall–Kier alpha value is -2.45. The SMILES string of the molecule is COc1ccc(C[C@H]2NC[C@H](O)[C@H]2OC(=O)[C@H]2CN(Cc3ccccc3)CC23CNC3)cc1. The average Bonchev–Trinajstić information content (AvgIpc) is 3.36. The van der Waals surface area contributed by atoms with E-state index in [9.17, 15) is 9.90 Å². The maximum absolute atomic E-state index is 13.4. The molecule has 176 valence electrons.